The number of amides is 1. The SMILES string of the molecule is CC(C)CN(CCN(C)C)C(=O)[C@@H](C)N. The smallest absolute Gasteiger partial charge is 0.239 e. The number of hydrogen-bond donors (Lipinski definition) is 1. The summed E-state index contributed by atoms with van der Waals surface area (Å²) in [6.45, 7) is 8.38. The van der Waals surface area contributed by atoms with Crippen LogP contribution in [0, 0.1) is 5.92 Å². The lowest BCUT2D eigenvalue weighted by atomic mass is 10.2. The third-order valence-corrected chi connectivity index (χ3v) is 2.10. The first-order chi connectivity index (χ1) is 6.84. The molecule has 0 saturated heterocycles. The molecule has 0 radical (unpaired) electrons. The third-order valence-electron chi connectivity index (χ3n) is 2.10. The van der Waals surface area contributed by atoms with E-state index in [4.69, 9.17) is 5.73 Å². The minimum atomic E-state index is -0.397. The molecule has 0 spiro atoms. The van der Waals surface area contributed by atoms with Gasteiger partial charge in [0.05, 0.1) is 6.04 Å². The molecule has 4 nitrogen and oxygen atoms in total. The Morgan fingerprint density at radius 1 is 1.20 bits per heavy atom. The summed E-state index contributed by atoms with van der Waals surface area (Å²) in [6, 6.07) is -0.397. The summed E-state index contributed by atoms with van der Waals surface area (Å²) in [4.78, 5) is 15.7. The maximum absolute atomic E-state index is 11.8. The molecule has 0 fully saturated rings. The Balaban J connectivity index is 4.24. The van der Waals surface area contributed by atoms with E-state index in [0.29, 0.717) is 5.92 Å². The van der Waals surface area contributed by atoms with E-state index in [9.17, 15) is 4.79 Å². The monoisotopic (exact) mass is 215 g/mol. The summed E-state index contributed by atoms with van der Waals surface area (Å²) in [6.07, 6.45) is 0. The fourth-order valence-electron chi connectivity index (χ4n) is 1.34. The van der Waals surface area contributed by atoms with Crippen molar-refractivity contribution < 1.29 is 4.79 Å². The Labute approximate surface area is 93.4 Å². The molecule has 0 aliphatic rings. The molecule has 0 bridgehead atoms. The van der Waals surface area contributed by atoms with Gasteiger partial charge in [-0.2, -0.15) is 0 Å². The highest BCUT2D eigenvalue weighted by Gasteiger charge is 2.17. The maximum Gasteiger partial charge on any atom is 0.239 e. The second-order valence-corrected chi connectivity index (χ2v) is 4.77. The fourth-order valence-corrected chi connectivity index (χ4v) is 1.34. The second-order valence-electron chi connectivity index (χ2n) is 4.77. The number of nitrogens with two attached hydrogens (primary N) is 1. The number of likely N-dealkylation sites (N-methyl/N-ethyl adjacent to an activating group) is 1. The maximum atomic E-state index is 11.8. The summed E-state index contributed by atoms with van der Waals surface area (Å²) < 4.78 is 0. The van der Waals surface area contributed by atoms with Gasteiger partial charge in [0.15, 0.2) is 0 Å². The standard InChI is InChI=1S/C11H25N3O/c1-9(2)8-14(7-6-13(4)5)11(15)10(3)12/h9-10H,6-8,12H2,1-5H3/t10-/m1/s1. The summed E-state index contributed by atoms with van der Waals surface area (Å²) >= 11 is 0. The number of hydrogen-bond acceptors (Lipinski definition) is 3. The van der Waals surface area contributed by atoms with Crippen molar-refractivity contribution in [1.82, 2.24) is 9.80 Å². The second kappa shape index (κ2) is 6.80. The van der Waals surface area contributed by atoms with Crippen LogP contribution in [-0.4, -0.2) is 55.5 Å². The van der Waals surface area contributed by atoms with Crippen LogP contribution in [0.1, 0.15) is 20.8 Å². The number of nitrogens with zero attached hydrogens (tertiary/aromatic N) is 2. The average Bonchev–Trinajstić information content (AvgIpc) is 2.10. The van der Waals surface area contributed by atoms with E-state index < -0.39 is 6.04 Å². The highest BCUT2D eigenvalue weighted by molar-refractivity contribution is 5.81. The van der Waals surface area contributed by atoms with Crippen LogP contribution >= 0.6 is 0 Å². The van der Waals surface area contributed by atoms with Gasteiger partial charge >= 0.3 is 0 Å². The summed E-state index contributed by atoms with van der Waals surface area (Å²) in [5.41, 5.74) is 5.61. The van der Waals surface area contributed by atoms with Crippen molar-refractivity contribution in [3.05, 3.63) is 0 Å². The van der Waals surface area contributed by atoms with Crippen molar-refractivity contribution in [2.75, 3.05) is 33.7 Å². The van der Waals surface area contributed by atoms with Crippen LogP contribution in [-0.2, 0) is 4.79 Å². The Morgan fingerprint density at radius 2 is 1.73 bits per heavy atom. The van der Waals surface area contributed by atoms with Gasteiger partial charge in [0.25, 0.3) is 0 Å². The number of rotatable bonds is 6. The zero-order valence-corrected chi connectivity index (χ0v) is 10.7. The third kappa shape index (κ3) is 6.47. The quantitative estimate of drug-likeness (QED) is 0.697. The Bertz CT molecular complexity index is 190. The minimum absolute atomic E-state index is 0.0468. The molecule has 0 aromatic heterocycles. The molecular weight excluding hydrogens is 190 g/mol. The molecule has 1 atom stereocenters. The van der Waals surface area contributed by atoms with Gasteiger partial charge in [0, 0.05) is 19.6 Å². The summed E-state index contributed by atoms with van der Waals surface area (Å²) in [5.74, 6) is 0.528. The average molecular weight is 215 g/mol. The van der Waals surface area contributed by atoms with E-state index >= 15 is 0 Å². The number of carbonyl (C=O) groups excluding carboxylic acids is 1. The van der Waals surface area contributed by atoms with Crippen molar-refractivity contribution in [2.24, 2.45) is 11.7 Å². The molecule has 0 aliphatic carbocycles. The van der Waals surface area contributed by atoms with Gasteiger partial charge in [-0.25, -0.2) is 0 Å². The van der Waals surface area contributed by atoms with Crippen molar-refractivity contribution in [3.8, 4) is 0 Å². The van der Waals surface area contributed by atoms with Crippen LogP contribution in [0.15, 0.2) is 0 Å². The molecule has 15 heavy (non-hydrogen) atoms. The minimum Gasteiger partial charge on any atom is -0.340 e. The van der Waals surface area contributed by atoms with E-state index in [1.165, 1.54) is 0 Å². The van der Waals surface area contributed by atoms with E-state index in [-0.39, 0.29) is 5.91 Å². The summed E-state index contributed by atoms with van der Waals surface area (Å²) in [5, 5.41) is 0. The highest BCUT2D eigenvalue weighted by atomic mass is 16.2. The largest absolute Gasteiger partial charge is 0.340 e. The van der Waals surface area contributed by atoms with Gasteiger partial charge in [-0.3, -0.25) is 4.79 Å². The van der Waals surface area contributed by atoms with Crippen LogP contribution in [0.3, 0.4) is 0 Å². The summed E-state index contributed by atoms with van der Waals surface area (Å²) in [7, 11) is 4.01. The van der Waals surface area contributed by atoms with Gasteiger partial charge in [0.2, 0.25) is 5.91 Å². The normalized spacial score (nSPS) is 13.3. The lowest BCUT2D eigenvalue weighted by Gasteiger charge is -2.27. The first kappa shape index (κ1) is 14.4. The molecule has 0 unspecified atom stereocenters. The molecule has 0 aliphatic heterocycles. The molecule has 0 heterocycles. The highest BCUT2D eigenvalue weighted by Crippen LogP contribution is 2.01. The fraction of sp³-hybridized carbons (Fsp3) is 0.909. The van der Waals surface area contributed by atoms with E-state index in [1.54, 1.807) is 6.92 Å². The zero-order chi connectivity index (χ0) is 12.0. The lowest BCUT2D eigenvalue weighted by Crippen LogP contribution is -2.46. The van der Waals surface area contributed by atoms with Gasteiger partial charge in [0.1, 0.15) is 0 Å². The molecule has 0 aromatic carbocycles. The first-order valence-electron chi connectivity index (χ1n) is 5.53. The van der Waals surface area contributed by atoms with E-state index in [1.807, 2.05) is 19.0 Å². The zero-order valence-electron chi connectivity index (χ0n) is 10.7. The predicted octanol–water partition coefficient (Wildman–Crippen LogP) is 0.380. The topological polar surface area (TPSA) is 49.6 Å². The van der Waals surface area contributed by atoms with Gasteiger partial charge in [-0.1, -0.05) is 13.8 Å². The van der Waals surface area contributed by atoms with Crippen LogP contribution in [0.25, 0.3) is 0 Å². The van der Waals surface area contributed by atoms with Crippen molar-refractivity contribution >= 4 is 5.91 Å². The number of carbonyl (C=O) groups is 1. The molecule has 0 aromatic rings. The van der Waals surface area contributed by atoms with Crippen LogP contribution in [0.4, 0.5) is 0 Å². The van der Waals surface area contributed by atoms with Gasteiger partial charge in [-0.15, -0.1) is 0 Å². The molecular formula is C11H25N3O. The molecule has 90 valence electrons. The predicted molar refractivity (Wildman–Crippen MR) is 63.6 cm³/mol. The Hall–Kier alpha value is -0.610. The molecule has 1 amide bonds. The van der Waals surface area contributed by atoms with Gasteiger partial charge < -0.3 is 15.5 Å². The van der Waals surface area contributed by atoms with Crippen LogP contribution in [0.2, 0.25) is 0 Å². The molecule has 0 saturated carbocycles. The first-order valence-corrected chi connectivity index (χ1v) is 5.53. The van der Waals surface area contributed by atoms with Crippen molar-refractivity contribution in [2.45, 2.75) is 26.8 Å². The Kier molecular flexibility index (Phi) is 6.52. The van der Waals surface area contributed by atoms with Crippen LogP contribution < -0.4 is 5.73 Å². The van der Waals surface area contributed by atoms with Gasteiger partial charge in [-0.05, 0) is 26.9 Å². The molecule has 4 heteroatoms. The van der Waals surface area contributed by atoms with Crippen molar-refractivity contribution in [1.29, 1.82) is 0 Å². The van der Waals surface area contributed by atoms with Crippen LogP contribution in [0.5, 0.6) is 0 Å². The Morgan fingerprint density at radius 3 is 2.07 bits per heavy atom. The van der Waals surface area contributed by atoms with E-state index in [2.05, 4.69) is 18.7 Å². The lowest BCUT2D eigenvalue weighted by molar-refractivity contribution is -0.132. The molecule has 0 rings (SSSR count). The molecule has 2 N–H and O–H groups in total. The van der Waals surface area contributed by atoms with Crippen molar-refractivity contribution in [3.63, 3.8) is 0 Å². The van der Waals surface area contributed by atoms with E-state index in [0.717, 1.165) is 19.6 Å².